The van der Waals surface area contributed by atoms with Crippen molar-refractivity contribution < 1.29 is 4.79 Å². The Hall–Kier alpha value is -1.89. The molecule has 6 nitrogen and oxygen atoms in total. The van der Waals surface area contributed by atoms with Crippen LogP contribution in [0.1, 0.15) is 26.2 Å². The number of carbonyl (C=O) groups is 1. The first-order valence-electron chi connectivity index (χ1n) is 8.01. The van der Waals surface area contributed by atoms with E-state index in [1.54, 1.807) is 12.4 Å². The fourth-order valence-corrected chi connectivity index (χ4v) is 3.09. The second-order valence-electron chi connectivity index (χ2n) is 5.73. The average molecular weight is 331 g/mol. The Kier molecular flexibility index (Phi) is 5.27. The lowest BCUT2D eigenvalue weighted by Crippen LogP contribution is -2.27. The fraction of sp³-hybridized carbons (Fsp3) is 0.500. The normalized spacial score (nSPS) is 14.0. The van der Waals surface area contributed by atoms with Gasteiger partial charge in [0.2, 0.25) is 5.91 Å². The maximum Gasteiger partial charge on any atom is 0.230 e. The fourth-order valence-electron chi connectivity index (χ4n) is 2.30. The SMILES string of the molecule is CCCn1c(SCC(=O)NCC2CC2)nnc1-c1ccncc1. The zero-order chi connectivity index (χ0) is 16.1. The van der Waals surface area contributed by atoms with Crippen LogP contribution in [0.5, 0.6) is 0 Å². The van der Waals surface area contributed by atoms with Gasteiger partial charge in [-0.2, -0.15) is 0 Å². The predicted molar refractivity (Wildman–Crippen MR) is 90.0 cm³/mol. The van der Waals surface area contributed by atoms with Gasteiger partial charge in [-0.1, -0.05) is 18.7 Å². The number of amides is 1. The summed E-state index contributed by atoms with van der Waals surface area (Å²) < 4.78 is 2.08. The van der Waals surface area contributed by atoms with Crippen molar-refractivity contribution in [1.82, 2.24) is 25.1 Å². The first kappa shape index (κ1) is 16.0. The molecule has 0 aromatic carbocycles. The van der Waals surface area contributed by atoms with Crippen molar-refractivity contribution in [3.63, 3.8) is 0 Å². The van der Waals surface area contributed by atoms with E-state index in [-0.39, 0.29) is 5.91 Å². The Morgan fingerprint density at radius 3 is 2.83 bits per heavy atom. The van der Waals surface area contributed by atoms with Crippen LogP contribution in [0.15, 0.2) is 29.7 Å². The summed E-state index contributed by atoms with van der Waals surface area (Å²) in [5.41, 5.74) is 0.992. The minimum Gasteiger partial charge on any atom is -0.355 e. The maximum atomic E-state index is 11.9. The Labute approximate surface area is 140 Å². The number of thioether (sulfide) groups is 1. The lowest BCUT2D eigenvalue weighted by Gasteiger charge is -2.09. The highest BCUT2D eigenvalue weighted by Gasteiger charge is 2.22. The summed E-state index contributed by atoms with van der Waals surface area (Å²) >= 11 is 1.44. The van der Waals surface area contributed by atoms with Crippen molar-refractivity contribution in [2.24, 2.45) is 5.92 Å². The van der Waals surface area contributed by atoms with Gasteiger partial charge < -0.3 is 9.88 Å². The van der Waals surface area contributed by atoms with Gasteiger partial charge in [-0.05, 0) is 37.3 Å². The molecule has 2 heterocycles. The average Bonchev–Trinajstić information content (AvgIpc) is 3.33. The molecule has 1 N–H and O–H groups in total. The van der Waals surface area contributed by atoms with Crippen LogP contribution in [-0.4, -0.2) is 38.0 Å². The number of carbonyl (C=O) groups excluding carboxylic acids is 1. The van der Waals surface area contributed by atoms with Gasteiger partial charge >= 0.3 is 0 Å². The molecule has 0 spiro atoms. The lowest BCUT2D eigenvalue weighted by atomic mass is 10.2. The number of pyridine rings is 1. The van der Waals surface area contributed by atoms with Crippen molar-refractivity contribution >= 4 is 17.7 Å². The number of nitrogens with zero attached hydrogens (tertiary/aromatic N) is 4. The number of rotatable bonds is 8. The van der Waals surface area contributed by atoms with Crippen molar-refractivity contribution in [3.05, 3.63) is 24.5 Å². The van der Waals surface area contributed by atoms with Gasteiger partial charge in [0.05, 0.1) is 5.75 Å². The van der Waals surface area contributed by atoms with Gasteiger partial charge in [0.1, 0.15) is 0 Å². The van der Waals surface area contributed by atoms with E-state index in [4.69, 9.17) is 0 Å². The van der Waals surface area contributed by atoms with Gasteiger partial charge in [-0.3, -0.25) is 9.78 Å². The molecule has 1 aliphatic rings. The highest BCUT2D eigenvalue weighted by atomic mass is 32.2. The molecule has 1 aliphatic carbocycles. The third-order valence-electron chi connectivity index (χ3n) is 3.72. The van der Waals surface area contributed by atoms with Gasteiger partial charge in [-0.15, -0.1) is 10.2 Å². The third kappa shape index (κ3) is 4.31. The zero-order valence-electron chi connectivity index (χ0n) is 13.2. The molecule has 23 heavy (non-hydrogen) atoms. The number of aromatic nitrogens is 4. The summed E-state index contributed by atoms with van der Waals surface area (Å²) in [6.07, 6.45) is 6.97. The number of hydrogen-bond acceptors (Lipinski definition) is 5. The highest BCUT2D eigenvalue weighted by Crippen LogP contribution is 2.28. The van der Waals surface area contributed by atoms with Crippen molar-refractivity contribution in [2.75, 3.05) is 12.3 Å². The van der Waals surface area contributed by atoms with E-state index < -0.39 is 0 Å². The van der Waals surface area contributed by atoms with Crippen LogP contribution in [0.3, 0.4) is 0 Å². The number of hydrogen-bond donors (Lipinski definition) is 1. The molecule has 3 rings (SSSR count). The van der Waals surface area contributed by atoms with E-state index in [0.29, 0.717) is 11.7 Å². The molecule has 0 atom stereocenters. The number of nitrogens with one attached hydrogen (secondary N) is 1. The second-order valence-corrected chi connectivity index (χ2v) is 6.67. The molecular formula is C16H21N5OS. The first-order valence-corrected chi connectivity index (χ1v) is 8.99. The van der Waals surface area contributed by atoms with Crippen molar-refractivity contribution in [3.8, 4) is 11.4 Å². The van der Waals surface area contributed by atoms with Gasteiger partial charge in [-0.25, -0.2) is 0 Å². The van der Waals surface area contributed by atoms with Crippen LogP contribution in [0.25, 0.3) is 11.4 Å². The second kappa shape index (κ2) is 7.59. The monoisotopic (exact) mass is 331 g/mol. The molecule has 1 amide bonds. The molecule has 0 radical (unpaired) electrons. The van der Waals surface area contributed by atoms with Crippen LogP contribution in [0.2, 0.25) is 0 Å². The Bertz CT molecular complexity index is 654. The van der Waals surface area contributed by atoms with Gasteiger partial charge in [0.25, 0.3) is 0 Å². The van der Waals surface area contributed by atoms with E-state index in [1.807, 2.05) is 12.1 Å². The molecule has 1 fully saturated rings. The van der Waals surface area contributed by atoms with Crippen molar-refractivity contribution in [2.45, 2.75) is 37.9 Å². The Balaban J connectivity index is 1.66. The Morgan fingerprint density at radius 2 is 2.13 bits per heavy atom. The summed E-state index contributed by atoms with van der Waals surface area (Å²) in [6, 6.07) is 3.85. The van der Waals surface area contributed by atoms with Crippen LogP contribution in [0, 0.1) is 5.92 Å². The van der Waals surface area contributed by atoms with E-state index in [1.165, 1.54) is 24.6 Å². The molecule has 2 aromatic heterocycles. The van der Waals surface area contributed by atoms with Crippen LogP contribution in [0.4, 0.5) is 0 Å². The summed E-state index contributed by atoms with van der Waals surface area (Å²) in [6.45, 7) is 3.76. The highest BCUT2D eigenvalue weighted by molar-refractivity contribution is 7.99. The predicted octanol–water partition coefficient (Wildman–Crippen LogP) is 2.37. The molecular weight excluding hydrogens is 310 g/mol. The molecule has 1 saturated carbocycles. The lowest BCUT2D eigenvalue weighted by molar-refractivity contribution is -0.118. The Morgan fingerprint density at radius 1 is 1.35 bits per heavy atom. The largest absolute Gasteiger partial charge is 0.355 e. The molecule has 2 aromatic rings. The topological polar surface area (TPSA) is 72.7 Å². The van der Waals surface area contributed by atoms with E-state index in [0.717, 1.165) is 36.1 Å². The molecule has 0 unspecified atom stereocenters. The van der Waals surface area contributed by atoms with Crippen LogP contribution in [-0.2, 0) is 11.3 Å². The summed E-state index contributed by atoms with van der Waals surface area (Å²) in [5, 5.41) is 12.3. The zero-order valence-corrected chi connectivity index (χ0v) is 14.1. The first-order chi connectivity index (χ1) is 11.3. The van der Waals surface area contributed by atoms with E-state index >= 15 is 0 Å². The van der Waals surface area contributed by atoms with Crippen LogP contribution < -0.4 is 5.32 Å². The van der Waals surface area contributed by atoms with Gasteiger partial charge in [0, 0.05) is 31.0 Å². The molecule has 0 aliphatic heterocycles. The standard InChI is InChI=1S/C16H21N5OS/c1-2-9-21-15(13-5-7-17-8-6-13)19-20-16(21)23-11-14(22)18-10-12-3-4-12/h5-8,12H,2-4,9-11H2,1H3,(H,18,22). The summed E-state index contributed by atoms with van der Waals surface area (Å²) in [4.78, 5) is 15.9. The third-order valence-corrected chi connectivity index (χ3v) is 4.69. The van der Waals surface area contributed by atoms with Gasteiger partial charge in [0.15, 0.2) is 11.0 Å². The van der Waals surface area contributed by atoms with Crippen LogP contribution >= 0.6 is 11.8 Å². The summed E-state index contributed by atoms with van der Waals surface area (Å²) in [5.74, 6) is 1.98. The minimum atomic E-state index is 0.0680. The quantitative estimate of drug-likeness (QED) is 0.752. The molecule has 0 bridgehead atoms. The molecule has 0 saturated heterocycles. The van der Waals surface area contributed by atoms with E-state index in [2.05, 4.69) is 32.0 Å². The smallest absolute Gasteiger partial charge is 0.230 e. The molecule has 122 valence electrons. The maximum absolute atomic E-state index is 11.9. The van der Waals surface area contributed by atoms with E-state index in [9.17, 15) is 4.79 Å². The van der Waals surface area contributed by atoms with Crippen molar-refractivity contribution in [1.29, 1.82) is 0 Å². The minimum absolute atomic E-state index is 0.0680. The summed E-state index contributed by atoms with van der Waals surface area (Å²) in [7, 11) is 0. The molecule has 7 heteroatoms.